The second kappa shape index (κ2) is 5.63. The lowest BCUT2D eigenvalue weighted by Crippen LogP contribution is -2.16. The van der Waals surface area contributed by atoms with Crippen molar-refractivity contribution in [1.82, 2.24) is 4.98 Å². The van der Waals surface area contributed by atoms with Crippen LogP contribution in [0.1, 0.15) is 41.1 Å². The van der Waals surface area contributed by atoms with Crippen LogP contribution >= 0.6 is 11.3 Å². The Balaban J connectivity index is 2.19. The molecule has 0 spiro atoms. The summed E-state index contributed by atoms with van der Waals surface area (Å²) in [6.07, 6.45) is 0. The summed E-state index contributed by atoms with van der Waals surface area (Å²) in [6.45, 7) is 6.15. The van der Waals surface area contributed by atoms with Gasteiger partial charge in [0.05, 0.1) is 5.69 Å². The molecule has 5 heteroatoms. The molecule has 1 heterocycles. The molecule has 1 N–H and O–H groups in total. The third-order valence-electron chi connectivity index (χ3n) is 2.68. The number of carboxylic acids is 1. The minimum Gasteiger partial charge on any atom is -0.486 e. The molecule has 0 aliphatic carbocycles. The van der Waals surface area contributed by atoms with E-state index in [0.29, 0.717) is 15.6 Å². The molecule has 1 aromatic carbocycles. The number of hydrogen-bond donors (Lipinski definition) is 1. The molecule has 0 radical (unpaired) electrons. The van der Waals surface area contributed by atoms with Gasteiger partial charge in [0.1, 0.15) is 22.2 Å². The number of rotatable bonds is 4. The van der Waals surface area contributed by atoms with Crippen LogP contribution in [0.25, 0.3) is 0 Å². The van der Waals surface area contributed by atoms with E-state index in [1.807, 2.05) is 51.1 Å². The van der Waals surface area contributed by atoms with Crippen molar-refractivity contribution in [2.75, 3.05) is 0 Å². The maximum Gasteiger partial charge on any atom is 0.347 e. The zero-order valence-electron chi connectivity index (χ0n) is 11.7. The monoisotopic (exact) mass is 291 g/mol. The van der Waals surface area contributed by atoms with E-state index in [2.05, 4.69) is 4.98 Å². The second-order valence-electron chi connectivity index (χ2n) is 5.44. The molecule has 2 rings (SSSR count). The van der Waals surface area contributed by atoms with Crippen molar-refractivity contribution in [2.45, 2.75) is 32.8 Å². The van der Waals surface area contributed by atoms with Crippen LogP contribution in [0.15, 0.2) is 30.3 Å². The fourth-order valence-corrected chi connectivity index (χ4v) is 2.77. The SMILES string of the molecule is CC(C)(C)c1nc(COc2ccccc2)sc1C(=O)O. The van der Waals surface area contributed by atoms with Gasteiger partial charge in [0.25, 0.3) is 0 Å². The molecule has 0 amide bonds. The highest BCUT2D eigenvalue weighted by atomic mass is 32.1. The molecular weight excluding hydrogens is 274 g/mol. The number of nitrogens with zero attached hydrogens (tertiary/aromatic N) is 1. The molecule has 0 saturated heterocycles. The maximum atomic E-state index is 11.3. The lowest BCUT2D eigenvalue weighted by atomic mass is 9.91. The second-order valence-corrected chi connectivity index (χ2v) is 6.53. The van der Waals surface area contributed by atoms with E-state index in [4.69, 9.17) is 4.74 Å². The van der Waals surface area contributed by atoms with Crippen LogP contribution in [0.3, 0.4) is 0 Å². The Labute approximate surface area is 122 Å². The Morgan fingerprint density at radius 1 is 1.30 bits per heavy atom. The van der Waals surface area contributed by atoms with Crippen LogP contribution in [0, 0.1) is 0 Å². The van der Waals surface area contributed by atoms with Gasteiger partial charge in [0.15, 0.2) is 0 Å². The van der Waals surface area contributed by atoms with Crippen molar-refractivity contribution in [3.8, 4) is 5.75 Å². The Kier molecular flexibility index (Phi) is 4.09. The van der Waals surface area contributed by atoms with Crippen molar-refractivity contribution in [3.63, 3.8) is 0 Å². The smallest absolute Gasteiger partial charge is 0.347 e. The van der Waals surface area contributed by atoms with Crippen molar-refractivity contribution in [1.29, 1.82) is 0 Å². The van der Waals surface area contributed by atoms with Crippen molar-refractivity contribution < 1.29 is 14.6 Å². The number of para-hydroxylation sites is 1. The summed E-state index contributed by atoms with van der Waals surface area (Å²) < 4.78 is 5.61. The lowest BCUT2D eigenvalue weighted by Gasteiger charge is -2.16. The number of aromatic nitrogens is 1. The summed E-state index contributed by atoms with van der Waals surface area (Å²) in [5.41, 5.74) is 0.316. The molecule has 20 heavy (non-hydrogen) atoms. The van der Waals surface area contributed by atoms with E-state index >= 15 is 0 Å². The highest BCUT2D eigenvalue weighted by Crippen LogP contribution is 2.30. The quantitative estimate of drug-likeness (QED) is 0.932. The molecule has 0 fully saturated rings. The molecule has 0 bridgehead atoms. The van der Waals surface area contributed by atoms with Crippen LogP contribution in [-0.4, -0.2) is 16.1 Å². The molecule has 4 nitrogen and oxygen atoms in total. The summed E-state index contributed by atoms with van der Waals surface area (Å²) in [5.74, 6) is -0.185. The summed E-state index contributed by atoms with van der Waals surface area (Å²) >= 11 is 1.18. The van der Waals surface area contributed by atoms with E-state index in [-0.39, 0.29) is 12.0 Å². The average molecular weight is 291 g/mol. The van der Waals surface area contributed by atoms with E-state index in [9.17, 15) is 9.90 Å². The van der Waals surface area contributed by atoms with Crippen molar-refractivity contribution in [3.05, 3.63) is 45.9 Å². The predicted octanol–water partition coefficient (Wildman–Crippen LogP) is 3.72. The minimum absolute atomic E-state index is 0.283. The average Bonchev–Trinajstić information content (AvgIpc) is 2.82. The fourth-order valence-electron chi connectivity index (χ4n) is 1.74. The number of thiazole rings is 1. The number of benzene rings is 1. The first-order valence-corrected chi connectivity index (χ1v) is 7.11. The number of ether oxygens (including phenoxy) is 1. The molecule has 2 aromatic rings. The third-order valence-corrected chi connectivity index (χ3v) is 3.70. The van der Waals surface area contributed by atoms with Gasteiger partial charge < -0.3 is 9.84 Å². The molecule has 0 atom stereocenters. The Bertz CT molecular complexity index is 599. The maximum absolute atomic E-state index is 11.3. The lowest BCUT2D eigenvalue weighted by molar-refractivity contribution is 0.0699. The van der Waals surface area contributed by atoms with E-state index in [1.54, 1.807) is 0 Å². The largest absolute Gasteiger partial charge is 0.486 e. The summed E-state index contributed by atoms with van der Waals surface area (Å²) in [5, 5.41) is 9.93. The van der Waals surface area contributed by atoms with E-state index < -0.39 is 5.97 Å². The highest BCUT2D eigenvalue weighted by molar-refractivity contribution is 7.13. The molecule has 0 aliphatic rings. The number of carbonyl (C=O) groups is 1. The fraction of sp³-hybridized carbons (Fsp3) is 0.333. The predicted molar refractivity (Wildman–Crippen MR) is 78.5 cm³/mol. The number of carboxylic acid groups (broad SMARTS) is 1. The highest BCUT2D eigenvalue weighted by Gasteiger charge is 2.26. The zero-order valence-corrected chi connectivity index (χ0v) is 12.5. The van der Waals surface area contributed by atoms with Crippen LogP contribution in [0.5, 0.6) is 5.75 Å². The van der Waals surface area contributed by atoms with Gasteiger partial charge in [-0.05, 0) is 12.1 Å². The Hall–Kier alpha value is -1.88. The van der Waals surface area contributed by atoms with Crippen molar-refractivity contribution >= 4 is 17.3 Å². The van der Waals surface area contributed by atoms with Gasteiger partial charge in [-0.1, -0.05) is 39.0 Å². The molecule has 0 unspecified atom stereocenters. The van der Waals surface area contributed by atoms with Crippen LogP contribution < -0.4 is 4.74 Å². The van der Waals surface area contributed by atoms with Crippen LogP contribution in [0.2, 0.25) is 0 Å². The molecule has 0 saturated carbocycles. The van der Waals surface area contributed by atoms with Gasteiger partial charge in [-0.3, -0.25) is 0 Å². The summed E-state index contributed by atoms with van der Waals surface area (Å²) in [7, 11) is 0. The Morgan fingerprint density at radius 2 is 1.95 bits per heavy atom. The van der Waals surface area contributed by atoms with Gasteiger partial charge in [-0.25, -0.2) is 9.78 Å². The first-order valence-electron chi connectivity index (χ1n) is 6.29. The van der Waals surface area contributed by atoms with Crippen LogP contribution in [-0.2, 0) is 12.0 Å². The van der Waals surface area contributed by atoms with Crippen molar-refractivity contribution in [2.24, 2.45) is 0 Å². The number of aromatic carboxylic acids is 1. The van der Waals surface area contributed by atoms with Gasteiger partial charge >= 0.3 is 5.97 Å². The Morgan fingerprint density at radius 3 is 2.45 bits per heavy atom. The third kappa shape index (κ3) is 3.36. The standard InChI is InChI=1S/C15H17NO3S/c1-15(2,3)13-12(14(17)18)20-11(16-13)9-19-10-7-5-4-6-8-10/h4-8H,9H2,1-3H3,(H,17,18). The molecular formula is C15H17NO3S. The zero-order chi connectivity index (χ0) is 14.8. The van der Waals surface area contributed by atoms with Gasteiger partial charge in [-0.2, -0.15) is 0 Å². The first kappa shape index (κ1) is 14.5. The topological polar surface area (TPSA) is 59.4 Å². The minimum atomic E-state index is -0.932. The van der Waals surface area contributed by atoms with Gasteiger partial charge in [0.2, 0.25) is 0 Å². The summed E-state index contributed by atoms with van der Waals surface area (Å²) in [6, 6.07) is 9.41. The molecule has 0 aliphatic heterocycles. The van der Waals surface area contributed by atoms with E-state index in [1.165, 1.54) is 11.3 Å². The van der Waals surface area contributed by atoms with Gasteiger partial charge in [-0.15, -0.1) is 11.3 Å². The number of hydrogen-bond acceptors (Lipinski definition) is 4. The normalized spacial score (nSPS) is 11.3. The first-order chi connectivity index (χ1) is 9.38. The van der Waals surface area contributed by atoms with E-state index in [0.717, 1.165) is 5.75 Å². The summed E-state index contributed by atoms with van der Waals surface area (Å²) in [4.78, 5) is 16.0. The molecule has 1 aromatic heterocycles. The molecule has 106 valence electrons. The van der Waals surface area contributed by atoms with Crippen LogP contribution in [0.4, 0.5) is 0 Å². The van der Waals surface area contributed by atoms with Gasteiger partial charge in [0, 0.05) is 5.41 Å².